The third kappa shape index (κ3) is 3.01. The van der Waals surface area contributed by atoms with Gasteiger partial charge in [-0.2, -0.15) is 5.10 Å². The molecule has 0 bridgehead atoms. The van der Waals surface area contributed by atoms with Crippen LogP contribution in [0.5, 0.6) is 0 Å². The molecule has 2 rings (SSSR count). The normalized spacial score (nSPS) is 11.1. The zero-order valence-corrected chi connectivity index (χ0v) is 11.5. The molecule has 0 aliphatic heterocycles. The second-order valence-electron chi connectivity index (χ2n) is 4.75. The molecule has 0 fully saturated rings. The van der Waals surface area contributed by atoms with Crippen LogP contribution in [0.25, 0.3) is 0 Å². The summed E-state index contributed by atoms with van der Waals surface area (Å²) in [6.45, 7) is 7.27. The van der Waals surface area contributed by atoms with Crippen LogP contribution >= 0.6 is 0 Å². The average Bonchev–Trinajstić information content (AvgIpc) is 2.95. The van der Waals surface area contributed by atoms with E-state index in [-0.39, 0.29) is 0 Å². The van der Waals surface area contributed by atoms with E-state index in [0.717, 1.165) is 26.1 Å². The Kier molecular flexibility index (Phi) is 4.20. The van der Waals surface area contributed by atoms with E-state index in [1.165, 1.54) is 17.0 Å². The quantitative estimate of drug-likeness (QED) is 0.791. The van der Waals surface area contributed by atoms with E-state index < -0.39 is 0 Å². The van der Waals surface area contributed by atoms with E-state index in [1.54, 1.807) is 0 Å². The molecule has 2 aromatic rings. The second kappa shape index (κ2) is 5.87. The van der Waals surface area contributed by atoms with Gasteiger partial charge in [0.15, 0.2) is 0 Å². The van der Waals surface area contributed by atoms with Gasteiger partial charge in [-0.05, 0) is 44.5 Å². The summed E-state index contributed by atoms with van der Waals surface area (Å²) in [5, 5.41) is 7.68. The van der Waals surface area contributed by atoms with Gasteiger partial charge in [-0.25, -0.2) is 0 Å². The topological polar surface area (TPSA) is 34.8 Å². The zero-order chi connectivity index (χ0) is 13.0. The predicted molar refractivity (Wildman–Crippen MR) is 73.4 cm³/mol. The summed E-state index contributed by atoms with van der Waals surface area (Å²) >= 11 is 0. The largest absolute Gasteiger partial charge is 0.352 e. The van der Waals surface area contributed by atoms with E-state index in [2.05, 4.69) is 41.9 Å². The Balaban J connectivity index is 1.70. The van der Waals surface area contributed by atoms with Crippen LogP contribution in [0.15, 0.2) is 24.5 Å². The SMILES string of the molecule is Cc1cc(CNCCCn2cccn2)c(C)n1C. The molecule has 18 heavy (non-hydrogen) atoms. The molecule has 0 aliphatic rings. The summed E-state index contributed by atoms with van der Waals surface area (Å²) < 4.78 is 4.21. The Morgan fingerprint density at radius 3 is 2.78 bits per heavy atom. The zero-order valence-electron chi connectivity index (χ0n) is 11.5. The Morgan fingerprint density at radius 2 is 2.17 bits per heavy atom. The maximum Gasteiger partial charge on any atom is 0.0489 e. The third-order valence-corrected chi connectivity index (χ3v) is 3.50. The smallest absolute Gasteiger partial charge is 0.0489 e. The molecule has 0 saturated heterocycles. The van der Waals surface area contributed by atoms with E-state index >= 15 is 0 Å². The Labute approximate surface area is 109 Å². The van der Waals surface area contributed by atoms with Gasteiger partial charge in [0.25, 0.3) is 0 Å². The third-order valence-electron chi connectivity index (χ3n) is 3.50. The highest BCUT2D eigenvalue weighted by Crippen LogP contribution is 2.12. The minimum atomic E-state index is 0.951. The highest BCUT2D eigenvalue weighted by atomic mass is 15.3. The summed E-state index contributed by atoms with van der Waals surface area (Å²) in [6.07, 6.45) is 4.93. The first-order valence-corrected chi connectivity index (χ1v) is 6.48. The van der Waals surface area contributed by atoms with Gasteiger partial charge in [0.2, 0.25) is 0 Å². The van der Waals surface area contributed by atoms with Crippen molar-refractivity contribution in [3.8, 4) is 0 Å². The molecule has 98 valence electrons. The van der Waals surface area contributed by atoms with Crippen LogP contribution in [0.4, 0.5) is 0 Å². The first-order chi connectivity index (χ1) is 8.68. The van der Waals surface area contributed by atoms with Gasteiger partial charge in [0.05, 0.1) is 0 Å². The molecule has 0 radical (unpaired) electrons. The number of rotatable bonds is 6. The van der Waals surface area contributed by atoms with Crippen LogP contribution in [0, 0.1) is 13.8 Å². The fourth-order valence-electron chi connectivity index (χ4n) is 2.13. The van der Waals surface area contributed by atoms with Crippen molar-refractivity contribution in [1.29, 1.82) is 0 Å². The maximum atomic E-state index is 4.19. The first-order valence-electron chi connectivity index (χ1n) is 6.48. The molecule has 1 N–H and O–H groups in total. The lowest BCUT2D eigenvalue weighted by atomic mass is 10.2. The van der Waals surface area contributed by atoms with Crippen LogP contribution in [0.3, 0.4) is 0 Å². The molecular weight excluding hydrogens is 224 g/mol. The van der Waals surface area contributed by atoms with Crippen molar-refractivity contribution in [3.63, 3.8) is 0 Å². The van der Waals surface area contributed by atoms with Gasteiger partial charge in [-0.1, -0.05) is 0 Å². The molecule has 4 nitrogen and oxygen atoms in total. The number of nitrogens with one attached hydrogen (secondary N) is 1. The molecule has 0 amide bonds. The van der Waals surface area contributed by atoms with Crippen molar-refractivity contribution in [1.82, 2.24) is 19.7 Å². The molecule has 0 spiro atoms. The number of aromatic nitrogens is 3. The van der Waals surface area contributed by atoms with Gasteiger partial charge in [-0.15, -0.1) is 0 Å². The molecule has 0 aliphatic carbocycles. The predicted octanol–water partition coefficient (Wildman–Crippen LogP) is 2.02. The Bertz CT molecular complexity index is 482. The van der Waals surface area contributed by atoms with Crippen molar-refractivity contribution in [3.05, 3.63) is 41.5 Å². The van der Waals surface area contributed by atoms with Gasteiger partial charge >= 0.3 is 0 Å². The minimum Gasteiger partial charge on any atom is -0.352 e. The summed E-state index contributed by atoms with van der Waals surface area (Å²) in [7, 11) is 2.12. The van der Waals surface area contributed by atoms with Crippen molar-refractivity contribution in [2.45, 2.75) is 33.4 Å². The highest BCUT2D eigenvalue weighted by molar-refractivity contribution is 5.26. The summed E-state index contributed by atoms with van der Waals surface area (Å²) in [4.78, 5) is 0. The van der Waals surface area contributed by atoms with Gasteiger partial charge in [0, 0.05) is 43.9 Å². The standard InChI is InChI=1S/C14H22N4/c1-12-10-14(13(2)17(12)3)11-15-6-4-8-18-9-5-7-16-18/h5,7,9-10,15H,4,6,8,11H2,1-3H3. The van der Waals surface area contributed by atoms with Crippen LogP contribution in [-0.4, -0.2) is 20.9 Å². The van der Waals surface area contributed by atoms with E-state index in [9.17, 15) is 0 Å². The summed E-state index contributed by atoms with van der Waals surface area (Å²) in [6, 6.07) is 4.22. The van der Waals surface area contributed by atoms with Crippen molar-refractivity contribution in [2.24, 2.45) is 7.05 Å². The molecule has 2 aromatic heterocycles. The van der Waals surface area contributed by atoms with Crippen LogP contribution in [0.2, 0.25) is 0 Å². The number of hydrogen-bond acceptors (Lipinski definition) is 2. The van der Waals surface area contributed by atoms with E-state index in [0.29, 0.717) is 0 Å². The average molecular weight is 246 g/mol. The maximum absolute atomic E-state index is 4.19. The molecule has 0 saturated carbocycles. The van der Waals surface area contributed by atoms with Crippen molar-refractivity contribution in [2.75, 3.05) is 6.54 Å². The molecule has 0 unspecified atom stereocenters. The van der Waals surface area contributed by atoms with Gasteiger partial charge in [0.1, 0.15) is 0 Å². The Hall–Kier alpha value is -1.55. The van der Waals surface area contributed by atoms with Crippen LogP contribution < -0.4 is 5.32 Å². The van der Waals surface area contributed by atoms with Gasteiger partial charge in [-0.3, -0.25) is 4.68 Å². The molecule has 0 atom stereocenters. The van der Waals surface area contributed by atoms with E-state index in [1.807, 2.05) is 23.1 Å². The molecular formula is C14H22N4. The van der Waals surface area contributed by atoms with Crippen LogP contribution in [0.1, 0.15) is 23.4 Å². The van der Waals surface area contributed by atoms with Crippen LogP contribution in [-0.2, 0) is 20.1 Å². The fourth-order valence-corrected chi connectivity index (χ4v) is 2.13. The number of aryl methyl sites for hydroxylation is 2. The number of nitrogens with zero attached hydrogens (tertiary/aromatic N) is 3. The highest BCUT2D eigenvalue weighted by Gasteiger charge is 2.04. The first kappa shape index (κ1) is 12.9. The van der Waals surface area contributed by atoms with Crippen molar-refractivity contribution >= 4 is 0 Å². The lowest BCUT2D eigenvalue weighted by Gasteiger charge is -2.05. The van der Waals surface area contributed by atoms with Gasteiger partial charge < -0.3 is 9.88 Å². The summed E-state index contributed by atoms with van der Waals surface area (Å²) in [5.74, 6) is 0. The van der Waals surface area contributed by atoms with Crippen molar-refractivity contribution < 1.29 is 0 Å². The second-order valence-corrected chi connectivity index (χ2v) is 4.75. The fraction of sp³-hybridized carbons (Fsp3) is 0.500. The monoisotopic (exact) mass is 246 g/mol. The van der Waals surface area contributed by atoms with E-state index in [4.69, 9.17) is 0 Å². The minimum absolute atomic E-state index is 0.951. The molecule has 0 aromatic carbocycles. The lowest BCUT2D eigenvalue weighted by Crippen LogP contribution is -2.17. The number of hydrogen-bond donors (Lipinski definition) is 1. The lowest BCUT2D eigenvalue weighted by molar-refractivity contribution is 0.543. The molecule has 2 heterocycles. The summed E-state index contributed by atoms with van der Waals surface area (Å²) in [5.41, 5.74) is 4.07. The Morgan fingerprint density at radius 1 is 1.33 bits per heavy atom. The molecule has 4 heteroatoms.